The van der Waals surface area contributed by atoms with Crippen molar-refractivity contribution in [1.82, 2.24) is 0 Å². The summed E-state index contributed by atoms with van der Waals surface area (Å²) in [5.74, 6) is 1.38. The van der Waals surface area contributed by atoms with Gasteiger partial charge in [-0.2, -0.15) is 0 Å². The van der Waals surface area contributed by atoms with Crippen LogP contribution in [0.4, 0.5) is 11.4 Å². The number of methoxy groups -OCH3 is 1. The Morgan fingerprint density at radius 2 is 1.78 bits per heavy atom. The van der Waals surface area contributed by atoms with Crippen molar-refractivity contribution < 1.29 is 19.4 Å². The van der Waals surface area contributed by atoms with Gasteiger partial charge < -0.3 is 25.2 Å². The summed E-state index contributed by atoms with van der Waals surface area (Å²) in [6.07, 6.45) is 2.08. The maximum Gasteiger partial charge on any atom is 0.172 e. The molecule has 1 aliphatic heterocycles. The van der Waals surface area contributed by atoms with Gasteiger partial charge in [-0.05, 0) is 82.2 Å². The van der Waals surface area contributed by atoms with Gasteiger partial charge in [-0.3, -0.25) is 4.79 Å². The summed E-state index contributed by atoms with van der Waals surface area (Å²) < 4.78 is 11.6. The number of ether oxygens (including phenoxy) is 2. The van der Waals surface area contributed by atoms with Gasteiger partial charge in [0.1, 0.15) is 5.75 Å². The molecule has 2 unspecified atom stereocenters. The second-order valence-electron chi connectivity index (χ2n) is 9.14. The Labute approximate surface area is 219 Å². The van der Waals surface area contributed by atoms with Crippen molar-refractivity contribution in [2.75, 3.05) is 24.4 Å². The number of halogens is 1. The van der Waals surface area contributed by atoms with Crippen LogP contribution in [0.1, 0.15) is 49.3 Å². The number of phenols is 1. The number of Topliss-reactive ketones (excluding diaryl/α,β-unsaturated/α-hetero) is 1. The Morgan fingerprint density at radius 1 is 1.03 bits per heavy atom. The van der Waals surface area contributed by atoms with Gasteiger partial charge in [-0.15, -0.1) is 0 Å². The number of nitrogens with one attached hydrogen (secondary N) is 2. The SMILES string of the molecule is CCCOc1ccc(C2CC(=O)C3=C(C2)Nc2ccccc2NC3c2cc(Br)c(O)c(OC)c2)cc1. The van der Waals surface area contributed by atoms with E-state index >= 15 is 0 Å². The number of hydrogen-bond acceptors (Lipinski definition) is 6. The van der Waals surface area contributed by atoms with E-state index in [-0.39, 0.29) is 17.5 Å². The average molecular weight is 549 g/mol. The Kier molecular flexibility index (Phi) is 6.92. The molecular weight excluding hydrogens is 520 g/mol. The van der Waals surface area contributed by atoms with Crippen LogP contribution in [-0.4, -0.2) is 24.6 Å². The molecule has 0 bridgehead atoms. The lowest BCUT2D eigenvalue weighted by Gasteiger charge is -2.30. The molecule has 0 aromatic heterocycles. The van der Waals surface area contributed by atoms with E-state index in [1.54, 1.807) is 6.07 Å². The lowest BCUT2D eigenvalue weighted by molar-refractivity contribution is -0.116. The quantitative estimate of drug-likeness (QED) is 0.310. The van der Waals surface area contributed by atoms with E-state index in [1.807, 2.05) is 42.5 Å². The summed E-state index contributed by atoms with van der Waals surface area (Å²) in [6.45, 7) is 2.77. The number of hydrogen-bond donors (Lipinski definition) is 3. The number of para-hydroxylation sites is 2. The highest BCUT2D eigenvalue weighted by Gasteiger charge is 2.36. The number of ketones is 1. The molecule has 3 aromatic carbocycles. The zero-order chi connectivity index (χ0) is 25.2. The standard InChI is InChI=1S/C29H29BrN2O4/c1-3-12-36-20-10-8-17(9-11-20)18-14-24-27(25(33)15-18)28(32-23-7-5-4-6-22(23)31-24)19-13-21(30)29(34)26(16-19)35-2/h4-11,13,16,18,28,31-32,34H,3,12,14-15H2,1-2H3. The molecule has 3 aromatic rings. The molecule has 5 rings (SSSR count). The minimum atomic E-state index is -0.403. The molecule has 0 saturated heterocycles. The number of benzene rings is 3. The van der Waals surface area contributed by atoms with E-state index in [0.717, 1.165) is 40.4 Å². The Balaban J connectivity index is 1.55. The third-order valence-corrected chi connectivity index (χ3v) is 7.34. The number of carbonyl (C=O) groups is 1. The van der Waals surface area contributed by atoms with Crippen LogP contribution in [0, 0.1) is 0 Å². The number of rotatable bonds is 6. The molecule has 36 heavy (non-hydrogen) atoms. The summed E-state index contributed by atoms with van der Waals surface area (Å²) in [5, 5.41) is 17.5. The first-order chi connectivity index (χ1) is 17.5. The molecule has 186 valence electrons. The van der Waals surface area contributed by atoms with Gasteiger partial charge >= 0.3 is 0 Å². The van der Waals surface area contributed by atoms with Gasteiger partial charge in [0.15, 0.2) is 17.3 Å². The van der Waals surface area contributed by atoms with E-state index in [2.05, 4.69) is 45.6 Å². The van der Waals surface area contributed by atoms with Crippen LogP contribution in [0.5, 0.6) is 17.2 Å². The molecule has 2 atom stereocenters. The van der Waals surface area contributed by atoms with Crippen LogP contribution in [0.3, 0.4) is 0 Å². The van der Waals surface area contributed by atoms with E-state index < -0.39 is 6.04 Å². The summed E-state index contributed by atoms with van der Waals surface area (Å²) >= 11 is 3.44. The summed E-state index contributed by atoms with van der Waals surface area (Å²) in [7, 11) is 1.52. The van der Waals surface area contributed by atoms with Crippen molar-refractivity contribution >= 4 is 33.1 Å². The maximum atomic E-state index is 13.8. The molecule has 3 N–H and O–H groups in total. The third kappa shape index (κ3) is 4.67. The van der Waals surface area contributed by atoms with Crippen LogP contribution >= 0.6 is 15.9 Å². The van der Waals surface area contributed by atoms with E-state index in [1.165, 1.54) is 7.11 Å². The van der Waals surface area contributed by atoms with E-state index in [0.29, 0.717) is 35.2 Å². The second kappa shape index (κ2) is 10.3. The molecule has 2 aliphatic rings. The maximum absolute atomic E-state index is 13.8. The molecule has 0 spiro atoms. The van der Waals surface area contributed by atoms with Crippen molar-refractivity contribution in [2.45, 2.75) is 38.1 Å². The molecule has 0 fully saturated rings. The highest BCUT2D eigenvalue weighted by atomic mass is 79.9. The number of aromatic hydroxyl groups is 1. The molecule has 1 aliphatic carbocycles. The largest absolute Gasteiger partial charge is 0.503 e. The van der Waals surface area contributed by atoms with Gasteiger partial charge in [0, 0.05) is 17.7 Å². The third-order valence-electron chi connectivity index (χ3n) is 6.74. The van der Waals surface area contributed by atoms with Gasteiger partial charge in [0.25, 0.3) is 0 Å². The number of carbonyl (C=O) groups excluding carboxylic acids is 1. The monoisotopic (exact) mass is 548 g/mol. The molecule has 1 heterocycles. The van der Waals surface area contributed by atoms with E-state index in [4.69, 9.17) is 9.47 Å². The predicted octanol–water partition coefficient (Wildman–Crippen LogP) is 6.93. The first-order valence-electron chi connectivity index (χ1n) is 12.2. The molecule has 6 nitrogen and oxygen atoms in total. The predicted molar refractivity (Wildman–Crippen MR) is 145 cm³/mol. The molecule has 0 saturated carbocycles. The van der Waals surface area contributed by atoms with Crippen molar-refractivity contribution in [1.29, 1.82) is 0 Å². The zero-order valence-corrected chi connectivity index (χ0v) is 21.9. The molecule has 0 radical (unpaired) electrons. The van der Waals surface area contributed by atoms with E-state index in [9.17, 15) is 9.90 Å². The smallest absolute Gasteiger partial charge is 0.172 e. The highest BCUT2D eigenvalue weighted by molar-refractivity contribution is 9.10. The summed E-state index contributed by atoms with van der Waals surface area (Å²) in [5.41, 5.74) is 5.40. The lowest BCUT2D eigenvalue weighted by Crippen LogP contribution is -2.27. The fourth-order valence-corrected chi connectivity index (χ4v) is 5.41. The zero-order valence-electron chi connectivity index (χ0n) is 20.3. The number of allylic oxidation sites excluding steroid dienone is 1. The Bertz CT molecular complexity index is 1320. The van der Waals surface area contributed by atoms with Gasteiger partial charge in [0.2, 0.25) is 0 Å². The van der Waals surface area contributed by atoms with Crippen LogP contribution in [-0.2, 0) is 4.79 Å². The number of anilines is 2. The topological polar surface area (TPSA) is 79.8 Å². The normalized spacial score (nSPS) is 18.9. The molecule has 0 amide bonds. The van der Waals surface area contributed by atoms with Crippen molar-refractivity contribution in [3.8, 4) is 17.2 Å². The Hall–Kier alpha value is -3.45. The first-order valence-corrected chi connectivity index (χ1v) is 13.0. The fraction of sp³-hybridized carbons (Fsp3) is 0.276. The minimum absolute atomic E-state index is 0.0315. The van der Waals surface area contributed by atoms with Gasteiger partial charge in [-0.1, -0.05) is 31.2 Å². The number of fused-ring (bicyclic) bond motifs is 1. The average Bonchev–Trinajstić information content (AvgIpc) is 3.06. The van der Waals surface area contributed by atoms with Crippen LogP contribution in [0.2, 0.25) is 0 Å². The van der Waals surface area contributed by atoms with Crippen molar-refractivity contribution in [3.63, 3.8) is 0 Å². The number of phenolic OH excluding ortho intramolecular Hbond substituents is 1. The first kappa shape index (κ1) is 24.3. The lowest BCUT2D eigenvalue weighted by atomic mass is 9.78. The van der Waals surface area contributed by atoms with Crippen LogP contribution < -0.4 is 20.1 Å². The Morgan fingerprint density at radius 3 is 2.50 bits per heavy atom. The summed E-state index contributed by atoms with van der Waals surface area (Å²) in [4.78, 5) is 13.8. The molecular formula is C29H29BrN2O4. The van der Waals surface area contributed by atoms with Gasteiger partial charge in [0.05, 0.1) is 35.6 Å². The minimum Gasteiger partial charge on any atom is -0.503 e. The van der Waals surface area contributed by atoms with Gasteiger partial charge in [-0.25, -0.2) is 0 Å². The second-order valence-corrected chi connectivity index (χ2v) is 9.99. The van der Waals surface area contributed by atoms with Crippen molar-refractivity contribution in [3.05, 3.63) is 87.5 Å². The molecule has 7 heteroatoms. The highest BCUT2D eigenvalue weighted by Crippen LogP contribution is 2.46. The van der Waals surface area contributed by atoms with Crippen molar-refractivity contribution in [2.24, 2.45) is 0 Å². The van der Waals surface area contributed by atoms with Crippen LogP contribution in [0.15, 0.2) is 76.4 Å². The van der Waals surface area contributed by atoms with Crippen LogP contribution in [0.25, 0.3) is 0 Å². The fourth-order valence-electron chi connectivity index (χ4n) is 4.95. The summed E-state index contributed by atoms with van der Waals surface area (Å²) in [6, 6.07) is 19.3.